The minimum atomic E-state index is -0.688. The zero-order chi connectivity index (χ0) is 20.4. The summed E-state index contributed by atoms with van der Waals surface area (Å²) in [7, 11) is 0. The molecule has 0 spiro atoms. The van der Waals surface area contributed by atoms with E-state index < -0.39 is 12.0 Å². The van der Waals surface area contributed by atoms with Crippen LogP contribution in [-0.2, 0) is 16.0 Å². The number of urea groups is 1. The van der Waals surface area contributed by atoms with E-state index in [1.165, 1.54) is 5.56 Å². The molecule has 2 aromatic rings. The van der Waals surface area contributed by atoms with Crippen LogP contribution in [0.1, 0.15) is 36.5 Å². The second kappa shape index (κ2) is 8.03. The third-order valence-electron chi connectivity index (χ3n) is 5.25. The quantitative estimate of drug-likeness (QED) is 0.760. The SMILES string of the molecule is CCOC(=O)C1=C(CN2CCCc3ccccc32)NC(=O)N[C@@H]1c1ccc(C)o1. The summed E-state index contributed by atoms with van der Waals surface area (Å²) in [5, 5.41) is 5.64. The van der Waals surface area contributed by atoms with E-state index in [0.717, 1.165) is 25.1 Å². The summed E-state index contributed by atoms with van der Waals surface area (Å²) in [6, 6.07) is 10.8. The lowest BCUT2D eigenvalue weighted by molar-refractivity contribution is -0.139. The van der Waals surface area contributed by atoms with Gasteiger partial charge in [-0.1, -0.05) is 18.2 Å². The molecule has 0 radical (unpaired) electrons. The molecule has 29 heavy (non-hydrogen) atoms. The van der Waals surface area contributed by atoms with Gasteiger partial charge in [-0.2, -0.15) is 0 Å². The van der Waals surface area contributed by atoms with Crippen molar-refractivity contribution in [1.29, 1.82) is 0 Å². The predicted octanol–water partition coefficient (Wildman–Crippen LogP) is 3.21. The lowest BCUT2D eigenvalue weighted by Gasteiger charge is -2.35. The van der Waals surface area contributed by atoms with Gasteiger partial charge in [0.2, 0.25) is 0 Å². The Balaban J connectivity index is 1.74. The van der Waals surface area contributed by atoms with Crippen molar-refractivity contribution in [2.45, 2.75) is 32.7 Å². The molecular weight excluding hydrogens is 370 g/mol. The van der Waals surface area contributed by atoms with Crippen molar-refractivity contribution in [3.8, 4) is 0 Å². The van der Waals surface area contributed by atoms with Gasteiger partial charge in [0.05, 0.1) is 24.4 Å². The summed E-state index contributed by atoms with van der Waals surface area (Å²) in [6.45, 7) is 5.10. The van der Waals surface area contributed by atoms with Crippen molar-refractivity contribution in [3.63, 3.8) is 0 Å². The molecule has 1 aromatic carbocycles. The van der Waals surface area contributed by atoms with Gasteiger partial charge in [-0.15, -0.1) is 0 Å². The zero-order valence-electron chi connectivity index (χ0n) is 16.7. The number of hydrogen-bond donors (Lipinski definition) is 2. The normalized spacial score (nSPS) is 18.8. The van der Waals surface area contributed by atoms with Gasteiger partial charge in [-0.3, -0.25) is 0 Å². The molecule has 1 aromatic heterocycles. The number of nitrogens with one attached hydrogen (secondary N) is 2. The number of hydrogen-bond acceptors (Lipinski definition) is 5. The maximum absolute atomic E-state index is 12.9. The smallest absolute Gasteiger partial charge is 0.338 e. The van der Waals surface area contributed by atoms with E-state index in [-0.39, 0.29) is 12.6 Å². The number of fused-ring (bicyclic) bond motifs is 1. The van der Waals surface area contributed by atoms with E-state index in [1.54, 1.807) is 13.0 Å². The molecule has 1 atom stereocenters. The molecule has 2 aliphatic heterocycles. The van der Waals surface area contributed by atoms with E-state index in [4.69, 9.17) is 9.15 Å². The number of amides is 2. The molecule has 0 fully saturated rings. The van der Waals surface area contributed by atoms with Crippen LogP contribution in [0.25, 0.3) is 0 Å². The van der Waals surface area contributed by atoms with Crippen LogP contribution in [0.15, 0.2) is 52.1 Å². The summed E-state index contributed by atoms with van der Waals surface area (Å²) in [6.07, 6.45) is 2.05. The van der Waals surface area contributed by atoms with Crippen LogP contribution in [0, 0.1) is 6.92 Å². The highest BCUT2D eigenvalue weighted by Crippen LogP contribution is 2.32. The van der Waals surface area contributed by atoms with Gasteiger partial charge >= 0.3 is 12.0 Å². The molecule has 0 unspecified atom stereocenters. The molecule has 2 amide bonds. The Morgan fingerprint density at radius 3 is 2.86 bits per heavy atom. The number of benzene rings is 1. The second-order valence-electron chi connectivity index (χ2n) is 7.25. The first kappa shape index (κ1) is 19.1. The number of furan rings is 1. The predicted molar refractivity (Wildman–Crippen MR) is 108 cm³/mol. The standard InChI is InChI=1S/C22H25N3O4/c1-3-28-21(26)19-16(13-25-12-6-8-15-7-4-5-9-17(15)25)23-22(27)24-20(19)18-11-10-14(2)29-18/h4-5,7,9-11,20H,3,6,8,12-13H2,1-2H3,(H2,23,24,27)/t20-/m1/s1. The number of esters is 1. The highest BCUT2D eigenvalue weighted by atomic mass is 16.5. The maximum atomic E-state index is 12.9. The van der Waals surface area contributed by atoms with Crippen molar-refractivity contribution >= 4 is 17.7 Å². The molecule has 0 bridgehead atoms. The average molecular weight is 395 g/mol. The Labute approximate surface area is 169 Å². The number of aryl methyl sites for hydroxylation is 2. The Morgan fingerprint density at radius 2 is 2.10 bits per heavy atom. The molecule has 7 heteroatoms. The Kier molecular flexibility index (Phi) is 5.29. The summed E-state index contributed by atoms with van der Waals surface area (Å²) >= 11 is 0. The zero-order valence-corrected chi connectivity index (χ0v) is 16.7. The number of rotatable bonds is 5. The fourth-order valence-corrected chi connectivity index (χ4v) is 3.98. The van der Waals surface area contributed by atoms with Crippen LogP contribution in [0.4, 0.5) is 10.5 Å². The van der Waals surface area contributed by atoms with E-state index in [0.29, 0.717) is 29.3 Å². The van der Waals surface area contributed by atoms with Crippen LogP contribution in [0.5, 0.6) is 0 Å². The lowest BCUT2D eigenvalue weighted by atomic mass is 9.98. The number of nitrogens with zero attached hydrogens (tertiary/aromatic N) is 1. The van der Waals surface area contributed by atoms with Crippen molar-refractivity contribution in [3.05, 3.63) is 64.8 Å². The molecular formula is C22H25N3O4. The van der Waals surface area contributed by atoms with Gasteiger partial charge in [-0.25, -0.2) is 9.59 Å². The summed E-state index contributed by atoms with van der Waals surface area (Å²) in [4.78, 5) is 27.5. The molecule has 0 saturated heterocycles. The third-order valence-corrected chi connectivity index (χ3v) is 5.25. The number of para-hydroxylation sites is 1. The van der Waals surface area contributed by atoms with Crippen molar-refractivity contribution < 1.29 is 18.7 Å². The summed E-state index contributed by atoms with van der Waals surface area (Å²) < 4.78 is 11.0. The monoisotopic (exact) mass is 395 g/mol. The van der Waals surface area contributed by atoms with Crippen LogP contribution in [-0.4, -0.2) is 31.7 Å². The number of anilines is 1. The van der Waals surface area contributed by atoms with Gasteiger partial charge in [0.25, 0.3) is 0 Å². The highest BCUT2D eigenvalue weighted by molar-refractivity contribution is 5.95. The summed E-state index contributed by atoms with van der Waals surface area (Å²) in [5.74, 6) is 0.763. The third kappa shape index (κ3) is 3.85. The molecule has 3 heterocycles. The van der Waals surface area contributed by atoms with Crippen LogP contribution < -0.4 is 15.5 Å². The molecule has 4 rings (SSSR count). The van der Waals surface area contributed by atoms with Crippen LogP contribution in [0.3, 0.4) is 0 Å². The van der Waals surface area contributed by atoms with Gasteiger partial charge in [0.1, 0.15) is 17.6 Å². The van der Waals surface area contributed by atoms with Crippen molar-refractivity contribution in [2.75, 3.05) is 24.6 Å². The van der Waals surface area contributed by atoms with Crippen LogP contribution in [0.2, 0.25) is 0 Å². The summed E-state index contributed by atoms with van der Waals surface area (Å²) in [5.41, 5.74) is 3.33. The lowest BCUT2D eigenvalue weighted by Crippen LogP contribution is -2.49. The fourth-order valence-electron chi connectivity index (χ4n) is 3.98. The number of carbonyl (C=O) groups is 2. The second-order valence-corrected chi connectivity index (χ2v) is 7.25. The van der Waals surface area contributed by atoms with Gasteiger partial charge in [0.15, 0.2) is 0 Å². The molecule has 0 aliphatic carbocycles. The Bertz CT molecular complexity index is 962. The Morgan fingerprint density at radius 1 is 1.28 bits per heavy atom. The molecule has 152 valence electrons. The van der Waals surface area contributed by atoms with Crippen molar-refractivity contribution in [1.82, 2.24) is 10.6 Å². The number of carbonyl (C=O) groups excluding carboxylic acids is 2. The van der Waals surface area contributed by atoms with E-state index >= 15 is 0 Å². The first-order valence-corrected chi connectivity index (χ1v) is 9.93. The molecule has 2 N–H and O–H groups in total. The van der Waals surface area contributed by atoms with E-state index in [1.807, 2.05) is 25.1 Å². The van der Waals surface area contributed by atoms with E-state index in [9.17, 15) is 9.59 Å². The van der Waals surface area contributed by atoms with Gasteiger partial charge in [-0.05, 0) is 50.5 Å². The van der Waals surface area contributed by atoms with E-state index in [2.05, 4.69) is 27.7 Å². The first-order valence-electron chi connectivity index (χ1n) is 9.93. The highest BCUT2D eigenvalue weighted by Gasteiger charge is 2.36. The van der Waals surface area contributed by atoms with Gasteiger partial charge in [0, 0.05) is 12.2 Å². The molecule has 2 aliphatic rings. The minimum Gasteiger partial charge on any atom is -0.464 e. The Hall–Kier alpha value is -3.22. The largest absolute Gasteiger partial charge is 0.464 e. The number of ether oxygens (including phenoxy) is 1. The fraction of sp³-hybridized carbons (Fsp3) is 0.364. The average Bonchev–Trinajstić information content (AvgIpc) is 3.14. The molecule has 7 nitrogen and oxygen atoms in total. The minimum absolute atomic E-state index is 0.250. The first-order chi connectivity index (χ1) is 14.1. The molecule has 0 saturated carbocycles. The maximum Gasteiger partial charge on any atom is 0.338 e. The van der Waals surface area contributed by atoms with Crippen LogP contribution >= 0.6 is 0 Å². The van der Waals surface area contributed by atoms with Gasteiger partial charge < -0.3 is 24.7 Å². The van der Waals surface area contributed by atoms with Crippen molar-refractivity contribution in [2.24, 2.45) is 0 Å². The topological polar surface area (TPSA) is 83.8 Å².